The topological polar surface area (TPSA) is 86.0 Å². The quantitative estimate of drug-likeness (QED) is 0.263. The van der Waals surface area contributed by atoms with Gasteiger partial charge in [0.25, 0.3) is 0 Å². The first-order chi connectivity index (χ1) is 17.8. The summed E-state index contributed by atoms with van der Waals surface area (Å²) in [5, 5.41) is 16.7. The average molecular weight is 556 g/mol. The first kappa shape index (κ1) is 28.2. The molecule has 0 aliphatic rings. The molecular formula is C27H28Cl2N6OS. The number of halogens is 2. The zero-order valence-electron chi connectivity index (χ0n) is 20.5. The zero-order valence-corrected chi connectivity index (χ0v) is 22.8. The van der Waals surface area contributed by atoms with Crippen LogP contribution in [-0.4, -0.2) is 44.6 Å². The fraction of sp³-hybridized carbons (Fsp3) is 0.259. The highest BCUT2D eigenvalue weighted by molar-refractivity contribution is 7.80. The number of nitriles is 1. The van der Waals surface area contributed by atoms with Crippen LogP contribution < -0.4 is 10.6 Å². The Bertz CT molecular complexity index is 1280. The van der Waals surface area contributed by atoms with E-state index in [0.29, 0.717) is 46.9 Å². The van der Waals surface area contributed by atoms with E-state index in [4.69, 9.17) is 40.7 Å². The molecule has 1 atom stereocenters. The molecule has 0 unspecified atom stereocenters. The van der Waals surface area contributed by atoms with Crippen LogP contribution in [0, 0.1) is 11.3 Å². The third-order valence-electron chi connectivity index (χ3n) is 5.56. The minimum Gasteiger partial charge on any atom is -0.359 e. The molecule has 7 nitrogen and oxygen atoms in total. The molecule has 0 radical (unpaired) electrons. The highest BCUT2D eigenvalue weighted by Gasteiger charge is 2.18. The summed E-state index contributed by atoms with van der Waals surface area (Å²) in [5.74, 6) is -0.125. The van der Waals surface area contributed by atoms with Gasteiger partial charge in [0.05, 0.1) is 34.4 Å². The van der Waals surface area contributed by atoms with Gasteiger partial charge in [-0.1, -0.05) is 53.5 Å². The van der Waals surface area contributed by atoms with Gasteiger partial charge < -0.3 is 20.1 Å². The summed E-state index contributed by atoms with van der Waals surface area (Å²) in [6.45, 7) is 7.61. The van der Waals surface area contributed by atoms with Crippen molar-refractivity contribution < 1.29 is 4.79 Å². The molecule has 1 amide bonds. The largest absolute Gasteiger partial charge is 0.359 e. The van der Waals surface area contributed by atoms with Gasteiger partial charge in [0.2, 0.25) is 5.91 Å². The van der Waals surface area contributed by atoms with Gasteiger partial charge in [-0.25, -0.2) is 4.98 Å². The maximum absolute atomic E-state index is 12.9. The smallest absolute Gasteiger partial charge is 0.226 e. The Hall–Kier alpha value is -3.38. The van der Waals surface area contributed by atoms with E-state index >= 15 is 0 Å². The third-order valence-corrected chi connectivity index (χ3v) is 6.82. The normalized spacial score (nSPS) is 11.3. The van der Waals surface area contributed by atoms with E-state index in [-0.39, 0.29) is 18.4 Å². The highest BCUT2D eigenvalue weighted by Crippen LogP contribution is 2.26. The summed E-state index contributed by atoms with van der Waals surface area (Å²) >= 11 is 18.2. The van der Waals surface area contributed by atoms with Gasteiger partial charge in [-0.3, -0.25) is 4.79 Å². The van der Waals surface area contributed by atoms with Gasteiger partial charge in [-0.2, -0.15) is 5.26 Å². The molecule has 0 fully saturated rings. The van der Waals surface area contributed by atoms with Crippen molar-refractivity contribution in [2.75, 3.05) is 13.1 Å². The molecule has 0 spiro atoms. The molecule has 1 heterocycles. The number of thiocarbonyl (C=S) groups is 1. The van der Waals surface area contributed by atoms with Gasteiger partial charge in [0.15, 0.2) is 5.11 Å². The van der Waals surface area contributed by atoms with Crippen LogP contribution in [0.15, 0.2) is 67.6 Å². The van der Waals surface area contributed by atoms with Gasteiger partial charge in [-0.15, -0.1) is 6.58 Å². The predicted molar refractivity (Wildman–Crippen MR) is 151 cm³/mol. The first-order valence-electron chi connectivity index (χ1n) is 11.6. The summed E-state index contributed by atoms with van der Waals surface area (Å²) < 4.78 is 1.92. The lowest BCUT2D eigenvalue weighted by Crippen LogP contribution is -2.47. The van der Waals surface area contributed by atoms with Crippen molar-refractivity contribution in [2.45, 2.75) is 32.5 Å². The van der Waals surface area contributed by atoms with Crippen molar-refractivity contribution in [3.63, 3.8) is 0 Å². The second-order valence-electron chi connectivity index (χ2n) is 8.54. The molecule has 37 heavy (non-hydrogen) atoms. The number of hydrogen-bond acceptors (Lipinski definition) is 4. The summed E-state index contributed by atoms with van der Waals surface area (Å²) in [6.07, 6.45) is 5.29. The number of carbonyl (C=O) groups is 1. The summed E-state index contributed by atoms with van der Waals surface area (Å²) in [4.78, 5) is 19.0. The summed E-state index contributed by atoms with van der Waals surface area (Å²) in [5.41, 5.74) is 3.25. The van der Waals surface area contributed by atoms with Crippen LogP contribution in [-0.2, 0) is 24.3 Å². The molecule has 0 saturated heterocycles. The van der Waals surface area contributed by atoms with Gasteiger partial charge in [0.1, 0.15) is 0 Å². The Balaban J connectivity index is 1.62. The van der Waals surface area contributed by atoms with Crippen molar-refractivity contribution in [1.29, 1.82) is 5.26 Å². The lowest BCUT2D eigenvalue weighted by Gasteiger charge is -2.29. The molecule has 0 aliphatic heterocycles. The van der Waals surface area contributed by atoms with E-state index in [1.807, 2.05) is 40.7 Å². The summed E-state index contributed by atoms with van der Waals surface area (Å²) in [6, 6.07) is 14.7. The van der Waals surface area contributed by atoms with E-state index in [9.17, 15) is 4.79 Å². The monoisotopic (exact) mass is 554 g/mol. The molecule has 1 aromatic heterocycles. The number of rotatable bonds is 11. The predicted octanol–water partition coefficient (Wildman–Crippen LogP) is 4.72. The number of nitrogens with one attached hydrogen (secondary N) is 2. The average Bonchev–Trinajstić information content (AvgIpc) is 3.31. The minimum atomic E-state index is -0.205. The van der Waals surface area contributed by atoms with Crippen LogP contribution >= 0.6 is 35.4 Å². The molecule has 2 aromatic carbocycles. The van der Waals surface area contributed by atoms with Crippen molar-refractivity contribution in [1.82, 2.24) is 25.1 Å². The number of hydrogen-bond donors (Lipinski definition) is 2. The Morgan fingerprint density at radius 1 is 1.30 bits per heavy atom. The van der Waals surface area contributed by atoms with E-state index in [1.165, 1.54) is 0 Å². The number of amides is 1. The number of aromatic nitrogens is 2. The molecule has 0 saturated carbocycles. The Morgan fingerprint density at radius 2 is 2.05 bits per heavy atom. The molecular weight excluding hydrogens is 527 g/mol. The third kappa shape index (κ3) is 8.32. The highest BCUT2D eigenvalue weighted by atomic mass is 35.5. The molecule has 10 heteroatoms. The summed E-state index contributed by atoms with van der Waals surface area (Å²) in [7, 11) is 0. The van der Waals surface area contributed by atoms with Gasteiger partial charge >= 0.3 is 0 Å². The lowest BCUT2D eigenvalue weighted by atomic mass is 10.1. The molecule has 192 valence electrons. The first-order valence-corrected chi connectivity index (χ1v) is 12.8. The van der Waals surface area contributed by atoms with Crippen LogP contribution in [0.25, 0.3) is 0 Å². The number of carbonyl (C=O) groups excluding carboxylic acids is 1. The van der Waals surface area contributed by atoms with E-state index in [0.717, 1.165) is 16.8 Å². The standard InChI is InChI=1S/C27H28Cl2N6OS/c1-3-11-32-27(37)34(17-22-5-4-6-24(28)26(22)29)15-19(2)33-25(36)12-23-14-31-18-35(23)16-21-9-7-20(13-30)8-10-21/h3-10,14,18-19H,1,11-12,15-17H2,2H3,(H,32,37)(H,33,36)/t19-/m0/s1. The van der Waals surface area contributed by atoms with Crippen LogP contribution in [0.2, 0.25) is 10.0 Å². The SMILES string of the molecule is C=CCNC(=S)N(Cc1cccc(Cl)c1Cl)C[C@H](C)NC(=O)Cc1cncn1Cc1ccc(C#N)cc1. The Morgan fingerprint density at radius 3 is 2.76 bits per heavy atom. The number of imidazole rings is 1. The van der Waals surface area contributed by atoms with Gasteiger partial charge in [0, 0.05) is 44.1 Å². The van der Waals surface area contributed by atoms with Crippen LogP contribution in [0.4, 0.5) is 0 Å². The number of nitrogens with zero attached hydrogens (tertiary/aromatic N) is 4. The fourth-order valence-electron chi connectivity index (χ4n) is 3.75. The van der Waals surface area contributed by atoms with Crippen LogP contribution in [0.3, 0.4) is 0 Å². The molecule has 0 bridgehead atoms. The minimum absolute atomic E-state index is 0.125. The Labute approximate surface area is 232 Å². The Kier molecular flexibility index (Phi) is 10.5. The van der Waals surface area contributed by atoms with Crippen LogP contribution in [0.5, 0.6) is 0 Å². The second-order valence-corrected chi connectivity index (χ2v) is 9.71. The van der Waals surface area contributed by atoms with Crippen molar-refractivity contribution >= 4 is 46.4 Å². The fourth-order valence-corrected chi connectivity index (χ4v) is 4.35. The second kappa shape index (κ2) is 13.8. The molecule has 3 rings (SSSR count). The van der Waals surface area contributed by atoms with Gasteiger partial charge in [-0.05, 0) is 48.5 Å². The van der Waals surface area contributed by atoms with E-state index < -0.39 is 0 Å². The molecule has 3 aromatic rings. The molecule has 2 N–H and O–H groups in total. The maximum atomic E-state index is 12.9. The van der Waals surface area contributed by atoms with Crippen LogP contribution in [0.1, 0.15) is 29.3 Å². The maximum Gasteiger partial charge on any atom is 0.226 e. The van der Waals surface area contributed by atoms with E-state index in [2.05, 4.69) is 28.3 Å². The van der Waals surface area contributed by atoms with Crippen molar-refractivity contribution in [3.8, 4) is 6.07 Å². The molecule has 0 aliphatic carbocycles. The zero-order chi connectivity index (χ0) is 26.8. The van der Waals surface area contributed by atoms with E-state index in [1.54, 1.807) is 36.8 Å². The van der Waals surface area contributed by atoms with Crippen molar-refractivity contribution in [2.24, 2.45) is 0 Å². The lowest BCUT2D eigenvalue weighted by molar-refractivity contribution is -0.121. The number of benzene rings is 2. The van der Waals surface area contributed by atoms with Crippen molar-refractivity contribution in [3.05, 3.63) is 100 Å².